The summed E-state index contributed by atoms with van der Waals surface area (Å²) < 4.78 is 0. The minimum atomic E-state index is -0.446. The molecule has 1 amide bonds. The number of hydrogen-bond acceptors (Lipinski definition) is 5. The van der Waals surface area contributed by atoms with E-state index >= 15 is 0 Å². The first kappa shape index (κ1) is 15.1. The molecule has 7 heteroatoms. The van der Waals surface area contributed by atoms with Crippen molar-refractivity contribution in [1.29, 1.82) is 0 Å². The highest BCUT2D eigenvalue weighted by molar-refractivity contribution is 5.75. The number of hydrogen-bond donors (Lipinski definition) is 2. The maximum atomic E-state index is 11.8. The van der Waals surface area contributed by atoms with Gasteiger partial charge in [0.15, 0.2) is 0 Å². The number of aromatic nitrogens is 4. The predicted molar refractivity (Wildman–Crippen MR) is 79.3 cm³/mol. The van der Waals surface area contributed by atoms with Crippen molar-refractivity contribution in [3.63, 3.8) is 0 Å². The molecule has 0 saturated heterocycles. The van der Waals surface area contributed by atoms with Crippen molar-refractivity contribution in [1.82, 2.24) is 25.5 Å². The maximum Gasteiger partial charge on any atom is 0.243 e. The average molecular weight is 288 g/mol. The minimum absolute atomic E-state index is 0.0228. The summed E-state index contributed by atoms with van der Waals surface area (Å²) in [4.78, 5) is 13.0. The van der Waals surface area contributed by atoms with E-state index in [0.29, 0.717) is 12.4 Å². The van der Waals surface area contributed by atoms with E-state index < -0.39 is 5.54 Å². The quantitative estimate of drug-likeness (QED) is 0.835. The number of benzene rings is 1. The van der Waals surface area contributed by atoms with Crippen molar-refractivity contribution in [2.75, 3.05) is 6.54 Å². The highest BCUT2D eigenvalue weighted by Crippen LogP contribution is 2.13. The van der Waals surface area contributed by atoms with Gasteiger partial charge < -0.3 is 11.1 Å². The first-order valence-electron chi connectivity index (χ1n) is 6.74. The van der Waals surface area contributed by atoms with E-state index in [9.17, 15) is 4.79 Å². The van der Waals surface area contributed by atoms with Crippen LogP contribution in [0, 0.1) is 6.92 Å². The molecule has 0 fully saturated rings. The molecule has 0 aliphatic heterocycles. The van der Waals surface area contributed by atoms with Crippen LogP contribution < -0.4 is 11.1 Å². The topological polar surface area (TPSA) is 98.7 Å². The normalized spacial score (nSPS) is 11.4. The monoisotopic (exact) mass is 288 g/mol. The Bertz CT molecular complexity index is 611. The molecule has 0 atom stereocenters. The molecule has 2 rings (SSSR count). The molecule has 112 valence electrons. The highest BCUT2D eigenvalue weighted by atomic mass is 16.2. The number of amides is 1. The molecule has 3 N–H and O–H groups in total. The summed E-state index contributed by atoms with van der Waals surface area (Å²) in [6, 6.07) is 7.81. The van der Waals surface area contributed by atoms with Gasteiger partial charge in [0.1, 0.15) is 6.54 Å². The lowest BCUT2D eigenvalue weighted by molar-refractivity contribution is -0.122. The fourth-order valence-corrected chi connectivity index (χ4v) is 1.64. The van der Waals surface area contributed by atoms with Crippen LogP contribution in [0.2, 0.25) is 0 Å². The third-order valence-corrected chi connectivity index (χ3v) is 2.79. The summed E-state index contributed by atoms with van der Waals surface area (Å²) in [5.41, 5.74) is 7.39. The Balaban J connectivity index is 1.97. The molecule has 0 bridgehead atoms. The lowest BCUT2D eigenvalue weighted by atomic mass is 10.1. The van der Waals surface area contributed by atoms with Crippen LogP contribution in [0.3, 0.4) is 0 Å². The minimum Gasteiger partial charge on any atom is -0.353 e. The molecule has 0 saturated carbocycles. The van der Waals surface area contributed by atoms with Crippen LogP contribution in [0.4, 0.5) is 0 Å². The second kappa shape index (κ2) is 6.01. The van der Waals surface area contributed by atoms with E-state index in [1.165, 1.54) is 4.80 Å². The molecular weight excluding hydrogens is 268 g/mol. The SMILES string of the molecule is Cc1ccc(-c2nnn(CC(=O)NCC(C)(C)N)n2)cc1. The van der Waals surface area contributed by atoms with Crippen molar-refractivity contribution in [3.8, 4) is 11.4 Å². The molecule has 0 aliphatic rings. The van der Waals surface area contributed by atoms with Crippen LogP contribution in [0.15, 0.2) is 24.3 Å². The number of nitrogens with one attached hydrogen (secondary N) is 1. The number of rotatable bonds is 5. The van der Waals surface area contributed by atoms with Crippen molar-refractivity contribution in [2.45, 2.75) is 32.9 Å². The van der Waals surface area contributed by atoms with Gasteiger partial charge in [0, 0.05) is 17.6 Å². The van der Waals surface area contributed by atoms with E-state index in [1.807, 2.05) is 45.0 Å². The number of tetrazole rings is 1. The molecule has 21 heavy (non-hydrogen) atoms. The third kappa shape index (κ3) is 4.64. The standard InChI is InChI=1S/C14H20N6O/c1-10-4-6-11(7-5-10)13-17-19-20(18-13)8-12(21)16-9-14(2,3)15/h4-7H,8-9,15H2,1-3H3,(H,16,21). The summed E-state index contributed by atoms with van der Waals surface area (Å²) in [6.07, 6.45) is 0. The lowest BCUT2D eigenvalue weighted by Gasteiger charge is -2.18. The molecule has 0 radical (unpaired) electrons. The van der Waals surface area contributed by atoms with Crippen LogP contribution in [0.25, 0.3) is 11.4 Å². The van der Waals surface area contributed by atoms with Gasteiger partial charge in [0.05, 0.1) is 0 Å². The first-order chi connectivity index (χ1) is 9.83. The Morgan fingerprint density at radius 1 is 1.33 bits per heavy atom. The molecule has 7 nitrogen and oxygen atoms in total. The zero-order valence-electron chi connectivity index (χ0n) is 12.5. The van der Waals surface area contributed by atoms with Gasteiger partial charge in [-0.05, 0) is 26.0 Å². The average Bonchev–Trinajstić information content (AvgIpc) is 2.85. The Kier molecular flexibility index (Phi) is 4.32. The second-order valence-corrected chi connectivity index (χ2v) is 5.77. The largest absolute Gasteiger partial charge is 0.353 e. The first-order valence-corrected chi connectivity index (χ1v) is 6.74. The van der Waals surface area contributed by atoms with E-state index in [2.05, 4.69) is 20.7 Å². The van der Waals surface area contributed by atoms with Crippen LogP contribution in [-0.4, -0.2) is 38.2 Å². The predicted octanol–water partition coefficient (Wildman–Crippen LogP) is 0.502. The molecule has 1 aromatic heterocycles. The van der Waals surface area contributed by atoms with Gasteiger partial charge >= 0.3 is 0 Å². The number of nitrogens with two attached hydrogens (primary N) is 1. The number of carbonyl (C=O) groups excluding carboxylic acids is 1. The molecule has 1 heterocycles. The zero-order valence-corrected chi connectivity index (χ0v) is 12.5. The summed E-state index contributed by atoms with van der Waals surface area (Å²) in [5, 5.41) is 14.8. The van der Waals surface area contributed by atoms with Gasteiger partial charge in [-0.1, -0.05) is 29.8 Å². The van der Waals surface area contributed by atoms with E-state index in [0.717, 1.165) is 11.1 Å². The van der Waals surface area contributed by atoms with Gasteiger partial charge in [0.25, 0.3) is 0 Å². The zero-order chi connectivity index (χ0) is 15.5. The van der Waals surface area contributed by atoms with Gasteiger partial charge in [-0.25, -0.2) is 0 Å². The van der Waals surface area contributed by atoms with Crippen molar-refractivity contribution in [2.24, 2.45) is 5.73 Å². The summed E-state index contributed by atoms with van der Waals surface area (Å²) >= 11 is 0. The molecule has 0 spiro atoms. The van der Waals surface area contributed by atoms with Crippen LogP contribution >= 0.6 is 0 Å². The molecule has 0 aliphatic carbocycles. The fourth-order valence-electron chi connectivity index (χ4n) is 1.64. The van der Waals surface area contributed by atoms with E-state index in [1.54, 1.807) is 0 Å². The van der Waals surface area contributed by atoms with Crippen molar-refractivity contribution >= 4 is 5.91 Å². The highest BCUT2D eigenvalue weighted by Gasteiger charge is 2.13. The van der Waals surface area contributed by atoms with Crippen molar-refractivity contribution < 1.29 is 4.79 Å². The van der Waals surface area contributed by atoms with Crippen molar-refractivity contribution in [3.05, 3.63) is 29.8 Å². The number of aryl methyl sites for hydroxylation is 1. The second-order valence-electron chi connectivity index (χ2n) is 5.77. The maximum absolute atomic E-state index is 11.8. The van der Waals surface area contributed by atoms with Crippen LogP contribution in [0.5, 0.6) is 0 Å². The third-order valence-electron chi connectivity index (χ3n) is 2.79. The Morgan fingerprint density at radius 3 is 2.62 bits per heavy atom. The summed E-state index contributed by atoms with van der Waals surface area (Å²) in [5.74, 6) is 0.309. The molecule has 1 aromatic carbocycles. The number of nitrogens with zero attached hydrogens (tertiary/aromatic N) is 4. The Hall–Kier alpha value is -2.28. The van der Waals surface area contributed by atoms with Gasteiger partial charge in [-0.2, -0.15) is 4.80 Å². The summed E-state index contributed by atoms with van der Waals surface area (Å²) in [7, 11) is 0. The van der Waals surface area contributed by atoms with Crippen LogP contribution in [0.1, 0.15) is 19.4 Å². The Labute approximate surface area is 123 Å². The van der Waals surface area contributed by atoms with Gasteiger partial charge in [0.2, 0.25) is 11.7 Å². The molecule has 2 aromatic rings. The lowest BCUT2D eigenvalue weighted by Crippen LogP contribution is -2.46. The smallest absolute Gasteiger partial charge is 0.243 e. The van der Waals surface area contributed by atoms with E-state index in [4.69, 9.17) is 5.73 Å². The fraction of sp³-hybridized carbons (Fsp3) is 0.429. The number of carbonyl (C=O) groups is 1. The van der Waals surface area contributed by atoms with E-state index in [-0.39, 0.29) is 12.5 Å². The summed E-state index contributed by atoms with van der Waals surface area (Å²) in [6.45, 7) is 6.12. The van der Waals surface area contributed by atoms with Gasteiger partial charge in [-0.15, -0.1) is 10.2 Å². The van der Waals surface area contributed by atoms with Gasteiger partial charge in [-0.3, -0.25) is 4.79 Å². The Morgan fingerprint density at radius 2 is 2.00 bits per heavy atom. The molecule has 0 unspecified atom stereocenters. The van der Waals surface area contributed by atoms with Crippen LogP contribution in [-0.2, 0) is 11.3 Å². The molecular formula is C14H20N6O.